The molecule has 1 aromatic carbocycles. The number of nitro benzene ring substituents is 1. The Balaban J connectivity index is 1.74. The van der Waals surface area contributed by atoms with Gasteiger partial charge in [-0.15, -0.1) is 0 Å². The van der Waals surface area contributed by atoms with Crippen molar-refractivity contribution in [3.05, 3.63) is 34.5 Å². The smallest absolute Gasteiger partial charge is 0.282 e. The third-order valence-corrected chi connectivity index (χ3v) is 4.34. The Bertz CT molecular complexity index is 712. The van der Waals surface area contributed by atoms with Crippen LogP contribution >= 0.6 is 0 Å². The zero-order valence-corrected chi connectivity index (χ0v) is 14.2. The predicted octanol–water partition coefficient (Wildman–Crippen LogP) is 2.86. The van der Waals surface area contributed by atoms with E-state index in [9.17, 15) is 10.1 Å². The van der Waals surface area contributed by atoms with E-state index in [0.717, 1.165) is 26.1 Å². The second-order valence-electron chi connectivity index (χ2n) is 6.00. The summed E-state index contributed by atoms with van der Waals surface area (Å²) in [6, 6.07) is 4.71. The first kappa shape index (κ1) is 17.2. The summed E-state index contributed by atoms with van der Waals surface area (Å²) in [6.45, 7) is 3.77. The molecule has 8 heteroatoms. The topological polar surface area (TPSA) is 93.5 Å². The molecule has 0 spiro atoms. The van der Waals surface area contributed by atoms with Gasteiger partial charge in [0, 0.05) is 18.8 Å². The third kappa shape index (κ3) is 4.08. The Labute approximate surface area is 145 Å². The minimum absolute atomic E-state index is 0.0420. The number of H-pyrrole nitrogens is 1. The SMILES string of the molecule is COc1cc(-c2ccn[nH]2)c([N+](=O)[O-])cc1OCCCN1CCCC1. The van der Waals surface area contributed by atoms with Gasteiger partial charge in [-0.2, -0.15) is 5.10 Å². The molecule has 0 atom stereocenters. The van der Waals surface area contributed by atoms with Gasteiger partial charge in [-0.1, -0.05) is 0 Å². The fourth-order valence-electron chi connectivity index (χ4n) is 3.07. The van der Waals surface area contributed by atoms with Crippen LogP contribution in [0.2, 0.25) is 0 Å². The van der Waals surface area contributed by atoms with E-state index < -0.39 is 4.92 Å². The van der Waals surface area contributed by atoms with Gasteiger partial charge in [0.15, 0.2) is 11.5 Å². The van der Waals surface area contributed by atoms with Crippen LogP contribution < -0.4 is 9.47 Å². The lowest BCUT2D eigenvalue weighted by Gasteiger charge is -2.15. The molecule has 1 aliphatic heterocycles. The van der Waals surface area contributed by atoms with Gasteiger partial charge >= 0.3 is 0 Å². The maximum Gasteiger partial charge on any atom is 0.282 e. The van der Waals surface area contributed by atoms with Crippen LogP contribution in [0.3, 0.4) is 0 Å². The van der Waals surface area contributed by atoms with Crippen LogP contribution in [0.25, 0.3) is 11.3 Å². The molecule has 1 saturated heterocycles. The molecule has 0 unspecified atom stereocenters. The summed E-state index contributed by atoms with van der Waals surface area (Å²) >= 11 is 0. The highest BCUT2D eigenvalue weighted by molar-refractivity contribution is 5.74. The number of hydrogen-bond acceptors (Lipinski definition) is 6. The van der Waals surface area contributed by atoms with Gasteiger partial charge < -0.3 is 14.4 Å². The number of likely N-dealkylation sites (tertiary alicyclic amines) is 1. The second-order valence-corrected chi connectivity index (χ2v) is 6.00. The molecule has 0 bridgehead atoms. The lowest BCUT2D eigenvalue weighted by Crippen LogP contribution is -2.21. The van der Waals surface area contributed by atoms with Gasteiger partial charge in [-0.25, -0.2) is 0 Å². The maximum absolute atomic E-state index is 11.4. The Morgan fingerprint density at radius 1 is 1.32 bits per heavy atom. The molecular formula is C17H22N4O4. The van der Waals surface area contributed by atoms with Gasteiger partial charge in [0.25, 0.3) is 5.69 Å². The van der Waals surface area contributed by atoms with Gasteiger partial charge in [0.2, 0.25) is 0 Å². The number of nitrogens with zero attached hydrogens (tertiary/aromatic N) is 3. The van der Waals surface area contributed by atoms with E-state index in [1.165, 1.54) is 26.0 Å². The van der Waals surface area contributed by atoms with Crippen molar-refractivity contribution in [2.75, 3.05) is 33.4 Å². The van der Waals surface area contributed by atoms with Crippen molar-refractivity contribution in [1.82, 2.24) is 15.1 Å². The fraction of sp³-hybridized carbons (Fsp3) is 0.471. The van der Waals surface area contributed by atoms with Crippen LogP contribution in [0.1, 0.15) is 19.3 Å². The molecule has 25 heavy (non-hydrogen) atoms. The summed E-state index contributed by atoms with van der Waals surface area (Å²) in [5.41, 5.74) is 0.939. The molecule has 0 aliphatic carbocycles. The van der Waals surface area contributed by atoms with Crippen LogP contribution in [0.4, 0.5) is 5.69 Å². The number of rotatable bonds is 8. The van der Waals surface area contributed by atoms with Crippen LogP contribution in [0.5, 0.6) is 11.5 Å². The van der Waals surface area contributed by atoms with Crippen LogP contribution in [0.15, 0.2) is 24.4 Å². The molecule has 134 valence electrons. The molecule has 0 radical (unpaired) electrons. The Morgan fingerprint density at radius 2 is 2.12 bits per heavy atom. The van der Waals surface area contributed by atoms with Crippen LogP contribution in [-0.4, -0.2) is 53.4 Å². The summed E-state index contributed by atoms with van der Waals surface area (Å²) in [7, 11) is 1.52. The van der Waals surface area contributed by atoms with Gasteiger partial charge in [0.05, 0.1) is 36.0 Å². The van der Waals surface area contributed by atoms with Crippen molar-refractivity contribution in [1.29, 1.82) is 0 Å². The summed E-state index contributed by atoms with van der Waals surface area (Å²) in [6.07, 6.45) is 4.94. The van der Waals surface area contributed by atoms with E-state index >= 15 is 0 Å². The normalized spacial score (nSPS) is 14.6. The molecule has 1 aliphatic rings. The minimum atomic E-state index is -0.424. The lowest BCUT2D eigenvalue weighted by molar-refractivity contribution is -0.384. The van der Waals surface area contributed by atoms with E-state index in [1.807, 2.05) is 0 Å². The van der Waals surface area contributed by atoms with Crippen molar-refractivity contribution in [3.8, 4) is 22.8 Å². The molecule has 0 amide bonds. The monoisotopic (exact) mass is 346 g/mol. The summed E-state index contributed by atoms with van der Waals surface area (Å²) < 4.78 is 11.1. The first-order valence-electron chi connectivity index (χ1n) is 8.40. The first-order chi connectivity index (χ1) is 12.2. The molecule has 2 heterocycles. The van der Waals surface area contributed by atoms with Gasteiger partial charge in [-0.3, -0.25) is 15.2 Å². The van der Waals surface area contributed by atoms with Gasteiger partial charge in [0.1, 0.15) is 0 Å². The number of aromatic amines is 1. The van der Waals surface area contributed by atoms with Gasteiger partial charge in [-0.05, 0) is 38.4 Å². The highest BCUT2D eigenvalue weighted by Crippen LogP contribution is 2.39. The van der Waals surface area contributed by atoms with E-state index in [1.54, 1.807) is 18.3 Å². The number of hydrogen-bond donors (Lipinski definition) is 1. The summed E-state index contributed by atoms with van der Waals surface area (Å²) in [5.74, 6) is 0.857. The number of nitrogens with one attached hydrogen (secondary N) is 1. The minimum Gasteiger partial charge on any atom is -0.493 e. The molecular weight excluding hydrogens is 324 g/mol. The predicted molar refractivity (Wildman–Crippen MR) is 93.0 cm³/mol. The van der Waals surface area contributed by atoms with E-state index in [0.29, 0.717) is 29.4 Å². The van der Waals surface area contributed by atoms with E-state index in [-0.39, 0.29) is 5.69 Å². The second kappa shape index (κ2) is 7.98. The Hall–Kier alpha value is -2.61. The van der Waals surface area contributed by atoms with E-state index in [4.69, 9.17) is 9.47 Å². The third-order valence-electron chi connectivity index (χ3n) is 4.34. The maximum atomic E-state index is 11.4. The average molecular weight is 346 g/mol. The number of benzene rings is 1. The Kier molecular flexibility index (Phi) is 5.49. The molecule has 8 nitrogen and oxygen atoms in total. The Morgan fingerprint density at radius 3 is 2.76 bits per heavy atom. The number of aromatic nitrogens is 2. The zero-order chi connectivity index (χ0) is 17.6. The molecule has 0 saturated carbocycles. The summed E-state index contributed by atoms with van der Waals surface area (Å²) in [4.78, 5) is 13.4. The van der Waals surface area contributed by atoms with Crippen LogP contribution in [0, 0.1) is 10.1 Å². The van der Waals surface area contributed by atoms with Crippen molar-refractivity contribution in [2.24, 2.45) is 0 Å². The first-order valence-corrected chi connectivity index (χ1v) is 8.40. The number of nitro groups is 1. The van der Waals surface area contributed by atoms with Crippen molar-refractivity contribution in [2.45, 2.75) is 19.3 Å². The lowest BCUT2D eigenvalue weighted by atomic mass is 10.1. The van der Waals surface area contributed by atoms with Crippen molar-refractivity contribution >= 4 is 5.69 Å². The molecule has 2 aromatic rings. The summed E-state index contributed by atoms with van der Waals surface area (Å²) in [5, 5.41) is 18.0. The highest BCUT2D eigenvalue weighted by atomic mass is 16.6. The standard InChI is InChI=1S/C17H22N4O4/c1-24-16-11-13(14-5-6-18-19-14)15(21(22)23)12-17(16)25-10-4-9-20-7-2-3-8-20/h5-6,11-12H,2-4,7-10H2,1H3,(H,18,19). The fourth-order valence-corrected chi connectivity index (χ4v) is 3.07. The van der Waals surface area contributed by atoms with Crippen molar-refractivity contribution < 1.29 is 14.4 Å². The number of ether oxygens (including phenoxy) is 2. The largest absolute Gasteiger partial charge is 0.493 e. The molecule has 1 N–H and O–H groups in total. The average Bonchev–Trinajstić information content (AvgIpc) is 3.31. The van der Waals surface area contributed by atoms with Crippen molar-refractivity contribution in [3.63, 3.8) is 0 Å². The highest BCUT2D eigenvalue weighted by Gasteiger charge is 2.22. The molecule has 1 fully saturated rings. The zero-order valence-electron chi connectivity index (χ0n) is 14.2. The molecule has 1 aromatic heterocycles. The quantitative estimate of drug-likeness (QED) is 0.449. The molecule has 3 rings (SSSR count). The van der Waals surface area contributed by atoms with E-state index in [2.05, 4.69) is 15.1 Å². The van der Waals surface area contributed by atoms with Crippen LogP contribution in [-0.2, 0) is 0 Å². The number of methoxy groups -OCH3 is 1.